The predicted octanol–water partition coefficient (Wildman–Crippen LogP) is 4.09. The van der Waals surface area contributed by atoms with E-state index in [1.165, 1.54) is 0 Å². The predicted molar refractivity (Wildman–Crippen MR) is 96.6 cm³/mol. The van der Waals surface area contributed by atoms with Gasteiger partial charge in [0.2, 0.25) is 11.8 Å². The van der Waals surface area contributed by atoms with Gasteiger partial charge in [0.25, 0.3) is 0 Å². The fourth-order valence-electron chi connectivity index (χ4n) is 2.74. The van der Waals surface area contributed by atoms with Gasteiger partial charge in [0.15, 0.2) is 0 Å². The third-order valence-electron chi connectivity index (χ3n) is 3.98. The molecule has 0 radical (unpaired) electrons. The van der Waals surface area contributed by atoms with Crippen LogP contribution in [0.5, 0.6) is 17.5 Å². The first kappa shape index (κ1) is 15.7. The summed E-state index contributed by atoms with van der Waals surface area (Å²) in [6.45, 7) is 0. The van der Waals surface area contributed by atoms with Crippen molar-refractivity contribution >= 4 is 10.9 Å². The number of nitrogens with zero attached hydrogens (tertiary/aromatic N) is 4. The van der Waals surface area contributed by atoms with Crippen molar-refractivity contribution < 1.29 is 9.47 Å². The molecule has 6 nitrogen and oxygen atoms in total. The Morgan fingerprint density at radius 2 is 1.96 bits per heavy atom. The van der Waals surface area contributed by atoms with Gasteiger partial charge in [-0.15, -0.1) is 0 Å². The second-order valence-electron chi connectivity index (χ2n) is 5.53. The normalized spacial score (nSPS) is 10.5. The van der Waals surface area contributed by atoms with E-state index in [1.54, 1.807) is 31.6 Å². The maximum Gasteiger partial charge on any atom is 0.220 e. The van der Waals surface area contributed by atoms with Gasteiger partial charge < -0.3 is 14.0 Å². The van der Waals surface area contributed by atoms with Gasteiger partial charge in [-0.1, -0.05) is 6.07 Å². The molecule has 4 rings (SSSR count). The zero-order valence-electron chi connectivity index (χ0n) is 14.0. The lowest BCUT2D eigenvalue weighted by Gasteiger charge is -2.08. The van der Waals surface area contributed by atoms with E-state index in [0.717, 1.165) is 16.6 Å². The molecular formula is C20H14N4O2. The van der Waals surface area contributed by atoms with Gasteiger partial charge in [-0.25, -0.2) is 9.97 Å². The van der Waals surface area contributed by atoms with Crippen LogP contribution in [0.4, 0.5) is 0 Å². The highest BCUT2D eigenvalue weighted by atomic mass is 16.5. The highest BCUT2D eigenvalue weighted by molar-refractivity contribution is 5.88. The average Bonchev–Trinajstić information content (AvgIpc) is 3.13. The third kappa shape index (κ3) is 2.82. The molecule has 26 heavy (non-hydrogen) atoms. The van der Waals surface area contributed by atoms with Gasteiger partial charge in [0.05, 0.1) is 36.1 Å². The van der Waals surface area contributed by atoms with Crippen LogP contribution in [0.15, 0.2) is 67.1 Å². The van der Waals surface area contributed by atoms with Crippen LogP contribution in [-0.4, -0.2) is 21.6 Å². The van der Waals surface area contributed by atoms with Crippen molar-refractivity contribution in [1.29, 1.82) is 5.26 Å². The second-order valence-corrected chi connectivity index (χ2v) is 5.53. The molecule has 0 amide bonds. The van der Waals surface area contributed by atoms with E-state index in [0.29, 0.717) is 23.1 Å². The quantitative estimate of drug-likeness (QED) is 0.558. The maximum absolute atomic E-state index is 9.02. The number of rotatable bonds is 4. The Labute approximate surface area is 149 Å². The molecule has 3 aromatic heterocycles. The monoisotopic (exact) mass is 342 g/mol. The van der Waals surface area contributed by atoms with Gasteiger partial charge >= 0.3 is 0 Å². The van der Waals surface area contributed by atoms with E-state index < -0.39 is 0 Å². The van der Waals surface area contributed by atoms with Crippen molar-refractivity contribution in [3.8, 4) is 29.3 Å². The van der Waals surface area contributed by atoms with Gasteiger partial charge in [-0.2, -0.15) is 5.26 Å². The Kier molecular flexibility index (Phi) is 3.96. The molecule has 0 aliphatic heterocycles. The second kappa shape index (κ2) is 6.57. The highest BCUT2D eigenvalue weighted by Gasteiger charge is 2.10. The van der Waals surface area contributed by atoms with E-state index in [-0.39, 0.29) is 0 Å². The summed E-state index contributed by atoms with van der Waals surface area (Å²) >= 11 is 0. The zero-order chi connectivity index (χ0) is 17.9. The number of hydrogen-bond acceptors (Lipinski definition) is 5. The molecule has 0 fully saturated rings. The molecule has 0 aliphatic rings. The maximum atomic E-state index is 9.02. The van der Waals surface area contributed by atoms with E-state index in [1.807, 2.05) is 47.2 Å². The molecule has 3 heterocycles. The van der Waals surface area contributed by atoms with Crippen LogP contribution in [0, 0.1) is 11.3 Å². The minimum Gasteiger partial charge on any atom is -0.481 e. The summed E-state index contributed by atoms with van der Waals surface area (Å²) in [7, 11) is 1.59. The summed E-state index contributed by atoms with van der Waals surface area (Å²) < 4.78 is 13.0. The van der Waals surface area contributed by atoms with Crippen molar-refractivity contribution in [3.05, 3.63) is 72.7 Å². The molecule has 0 N–H and O–H groups in total. The van der Waals surface area contributed by atoms with Gasteiger partial charge in [0, 0.05) is 29.9 Å². The zero-order valence-corrected chi connectivity index (χ0v) is 14.0. The van der Waals surface area contributed by atoms with Crippen LogP contribution in [0.3, 0.4) is 0 Å². The Bertz CT molecular complexity index is 1110. The number of benzene rings is 1. The number of fused-ring (bicyclic) bond motifs is 1. The van der Waals surface area contributed by atoms with Crippen molar-refractivity contribution in [1.82, 2.24) is 14.5 Å². The van der Waals surface area contributed by atoms with Crippen molar-refractivity contribution in [3.63, 3.8) is 0 Å². The van der Waals surface area contributed by atoms with Gasteiger partial charge in [0.1, 0.15) is 5.75 Å². The molecule has 0 saturated heterocycles. The first-order valence-electron chi connectivity index (χ1n) is 7.93. The Hall–Kier alpha value is -3.85. The van der Waals surface area contributed by atoms with Crippen LogP contribution in [-0.2, 0) is 0 Å². The van der Waals surface area contributed by atoms with Crippen LogP contribution in [0.2, 0.25) is 0 Å². The lowest BCUT2D eigenvalue weighted by Crippen LogP contribution is -1.95. The molecule has 1 aromatic carbocycles. The fraction of sp³-hybridized carbons (Fsp3) is 0.0500. The van der Waals surface area contributed by atoms with E-state index >= 15 is 0 Å². The fourth-order valence-corrected chi connectivity index (χ4v) is 2.74. The number of pyridine rings is 2. The number of nitriles is 1. The van der Waals surface area contributed by atoms with Gasteiger partial charge in [-0.3, -0.25) is 0 Å². The third-order valence-corrected chi connectivity index (χ3v) is 3.98. The molecule has 0 spiro atoms. The lowest BCUT2D eigenvalue weighted by atomic mass is 10.2. The smallest absolute Gasteiger partial charge is 0.220 e. The van der Waals surface area contributed by atoms with Crippen LogP contribution in [0.1, 0.15) is 5.56 Å². The minimum absolute atomic E-state index is 0.385. The Morgan fingerprint density at radius 1 is 1.04 bits per heavy atom. The van der Waals surface area contributed by atoms with Crippen LogP contribution >= 0.6 is 0 Å². The number of ether oxygens (including phenoxy) is 2. The SMILES string of the molecule is COc1ccc(-n2ccc3c(Oc4cc(C#N)ccn4)cccc32)cn1. The molecule has 4 aromatic rings. The molecule has 0 unspecified atom stereocenters. The number of methoxy groups -OCH3 is 1. The molecular weight excluding hydrogens is 328 g/mol. The molecule has 0 bridgehead atoms. The number of aromatic nitrogens is 3. The van der Waals surface area contributed by atoms with Crippen molar-refractivity contribution in [2.75, 3.05) is 7.11 Å². The molecule has 126 valence electrons. The lowest BCUT2D eigenvalue weighted by molar-refractivity contribution is 0.398. The summed E-state index contributed by atoms with van der Waals surface area (Å²) in [5.41, 5.74) is 2.40. The van der Waals surface area contributed by atoms with Crippen LogP contribution in [0.25, 0.3) is 16.6 Å². The minimum atomic E-state index is 0.385. The first-order valence-corrected chi connectivity index (χ1v) is 7.93. The Balaban J connectivity index is 1.73. The van der Waals surface area contributed by atoms with Crippen molar-refractivity contribution in [2.24, 2.45) is 0 Å². The summed E-state index contributed by atoms with van der Waals surface area (Å²) in [6.07, 6.45) is 5.27. The van der Waals surface area contributed by atoms with Gasteiger partial charge in [-0.05, 0) is 30.3 Å². The largest absolute Gasteiger partial charge is 0.481 e. The summed E-state index contributed by atoms with van der Waals surface area (Å²) in [5.74, 6) is 1.62. The van der Waals surface area contributed by atoms with Crippen molar-refractivity contribution in [2.45, 2.75) is 0 Å². The molecule has 0 saturated carbocycles. The topological polar surface area (TPSA) is 73.0 Å². The molecule has 0 aliphatic carbocycles. The first-order chi connectivity index (χ1) is 12.8. The Morgan fingerprint density at radius 3 is 2.73 bits per heavy atom. The summed E-state index contributed by atoms with van der Waals surface area (Å²) in [6, 6.07) is 16.9. The van der Waals surface area contributed by atoms with E-state index in [4.69, 9.17) is 14.7 Å². The molecule has 6 heteroatoms. The van der Waals surface area contributed by atoms with E-state index in [2.05, 4.69) is 16.0 Å². The highest BCUT2D eigenvalue weighted by Crippen LogP contribution is 2.31. The summed E-state index contributed by atoms with van der Waals surface area (Å²) in [4.78, 5) is 8.42. The average molecular weight is 342 g/mol. The summed E-state index contributed by atoms with van der Waals surface area (Å²) in [5, 5.41) is 9.95. The molecule has 0 atom stereocenters. The van der Waals surface area contributed by atoms with E-state index in [9.17, 15) is 0 Å². The standard InChI is InChI=1S/C20H14N4O2/c1-25-19-6-5-15(13-23-19)24-10-8-16-17(24)3-2-4-18(16)26-20-11-14(12-21)7-9-22-20/h2-11,13H,1H3. The number of hydrogen-bond donors (Lipinski definition) is 0. The van der Waals surface area contributed by atoms with Crippen LogP contribution < -0.4 is 9.47 Å².